The van der Waals surface area contributed by atoms with Crippen LogP contribution in [0.5, 0.6) is 0 Å². The van der Waals surface area contributed by atoms with E-state index in [-0.39, 0.29) is 24.0 Å². The van der Waals surface area contributed by atoms with Gasteiger partial charge in [0, 0.05) is 29.1 Å². The number of anilines is 1. The van der Waals surface area contributed by atoms with Gasteiger partial charge in [0.2, 0.25) is 0 Å². The van der Waals surface area contributed by atoms with E-state index in [4.69, 9.17) is 0 Å². The molecule has 0 radical (unpaired) electrons. The number of carbonyl (C=O) groups is 1. The van der Waals surface area contributed by atoms with Crippen molar-refractivity contribution in [2.75, 3.05) is 37.8 Å². The van der Waals surface area contributed by atoms with Gasteiger partial charge in [-0.1, -0.05) is 18.3 Å². The smallest absolute Gasteiger partial charge is 0.270 e. The first kappa shape index (κ1) is 25.1. The van der Waals surface area contributed by atoms with E-state index in [0.29, 0.717) is 27.5 Å². The van der Waals surface area contributed by atoms with Crippen molar-refractivity contribution in [1.29, 1.82) is 0 Å². The number of aromatic nitrogens is 1. The third-order valence-electron chi connectivity index (χ3n) is 4.45. The minimum absolute atomic E-state index is 0. The average molecular weight is 481 g/mol. The molecule has 0 spiro atoms. The molecule has 0 atom stereocenters. The molecule has 31 heavy (non-hydrogen) atoms. The van der Waals surface area contributed by atoms with Crippen molar-refractivity contribution in [3.05, 3.63) is 58.1 Å². The Hall–Kier alpha value is -2.20. The topological polar surface area (TPSA) is 79.6 Å². The van der Waals surface area contributed by atoms with E-state index in [1.54, 1.807) is 22.7 Å². The Bertz CT molecular complexity index is 1040. The standard InChI is InChI=1S/C21H24N4O3S2.ClH/c1-4-29-17-9-6-15(7-10-17)20(26)24(13-5-12-23(2)3)21-22-18-11-8-16(25(27)28)14-19(18)30-21;/h6-11,14H,4-5,12-13H2,1-3H3;1H. The maximum absolute atomic E-state index is 13.3. The van der Waals surface area contributed by atoms with Gasteiger partial charge in [-0.25, -0.2) is 4.98 Å². The lowest BCUT2D eigenvalue weighted by Gasteiger charge is -2.21. The van der Waals surface area contributed by atoms with Gasteiger partial charge < -0.3 is 4.90 Å². The molecule has 0 aliphatic rings. The summed E-state index contributed by atoms with van der Waals surface area (Å²) in [6.07, 6.45) is 0.790. The van der Waals surface area contributed by atoms with Crippen LogP contribution in [-0.4, -0.2) is 53.7 Å². The predicted molar refractivity (Wildman–Crippen MR) is 131 cm³/mol. The second-order valence-corrected chi connectivity index (χ2v) is 9.32. The molecule has 0 aliphatic carbocycles. The van der Waals surface area contributed by atoms with E-state index in [0.717, 1.165) is 23.6 Å². The third-order valence-corrected chi connectivity index (χ3v) is 6.38. The summed E-state index contributed by atoms with van der Waals surface area (Å²) in [5.74, 6) is 0.859. The van der Waals surface area contributed by atoms with Crippen molar-refractivity contribution in [2.24, 2.45) is 0 Å². The van der Waals surface area contributed by atoms with Crippen molar-refractivity contribution < 1.29 is 9.72 Å². The van der Waals surface area contributed by atoms with Gasteiger partial charge in [-0.05, 0) is 63.1 Å². The number of benzene rings is 2. The zero-order chi connectivity index (χ0) is 21.7. The molecule has 2 aromatic carbocycles. The maximum Gasteiger partial charge on any atom is 0.270 e. The van der Waals surface area contributed by atoms with E-state index in [9.17, 15) is 14.9 Å². The summed E-state index contributed by atoms with van der Waals surface area (Å²) in [6.45, 7) is 3.45. The van der Waals surface area contributed by atoms with Crippen LogP contribution in [0, 0.1) is 10.1 Å². The number of thiazole rings is 1. The van der Waals surface area contributed by atoms with Gasteiger partial charge >= 0.3 is 0 Å². The van der Waals surface area contributed by atoms with E-state index in [2.05, 4.69) is 16.8 Å². The van der Waals surface area contributed by atoms with Crippen molar-refractivity contribution in [2.45, 2.75) is 18.2 Å². The molecule has 0 bridgehead atoms. The Morgan fingerprint density at radius 3 is 2.48 bits per heavy atom. The zero-order valence-corrected chi connectivity index (χ0v) is 20.1. The first-order chi connectivity index (χ1) is 14.4. The molecule has 3 rings (SSSR count). The molecule has 7 nitrogen and oxygen atoms in total. The monoisotopic (exact) mass is 480 g/mol. The quantitative estimate of drug-likeness (QED) is 0.234. The molecular weight excluding hydrogens is 456 g/mol. The summed E-state index contributed by atoms with van der Waals surface area (Å²) in [5, 5.41) is 11.6. The summed E-state index contributed by atoms with van der Waals surface area (Å²) >= 11 is 3.03. The lowest BCUT2D eigenvalue weighted by Crippen LogP contribution is -2.33. The normalized spacial score (nSPS) is 10.8. The first-order valence-electron chi connectivity index (χ1n) is 9.63. The van der Waals surface area contributed by atoms with Gasteiger partial charge in [0.05, 0.1) is 15.1 Å². The Balaban J connectivity index is 0.00000341. The SMILES string of the molecule is CCSc1ccc(C(=O)N(CCCN(C)C)c2nc3ccc([N+](=O)[O-])cc3s2)cc1.Cl. The van der Waals surface area contributed by atoms with E-state index in [1.165, 1.54) is 23.5 Å². The van der Waals surface area contributed by atoms with Crippen molar-refractivity contribution >= 4 is 62.4 Å². The number of rotatable bonds is 9. The summed E-state index contributed by atoms with van der Waals surface area (Å²) in [6, 6.07) is 12.2. The van der Waals surface area contributed by atoms with Crippen LogP contribution in [0.2, 0.25) is 0 Å². The molecule has 10 heteroatoms. The largest absolute Gasteiger partial charge is 0.309 e. The molecule has 1 amide bonds. The molecule has 166 valence electrons. The molecule has 3 aromatic rings. The van der Waals surface area contributed by atoms with Crippen LogP contribution in [-0.2, 0) is 0 Å². The fraction of sp³-hybridized carbons (Fsp3) is 0.333. The number of nitrogens with zero attached hydrogens (tertiary/aromatic N) is 4. The number of hydrogen-bond donors (Lipinski definition) is 0. The summed E-state index contributed by atoms with van der Waals surface area (Å²) in [7, 11) is 3.99. The number of nitro groups is 1. The first-order valence-corrected chi connectivity index (χ1v) is 11.4. The van der Waals surface area contributed by atoms with E-state index in [1.807, 2.05) is 38.4 Å². The highest BCUT2D eigenvalue weighted by Gasteiger charge is 2.22. The Kier molecular flexibility index (Phi) is 9.24. The van der Waals surface area contributed by atoms with Gasteiger partial charge in [-0.15, -0.1) is 24.2 Å². The van der Waals surface area contributed by atoms with Crippen LogP contribution >= 0.6 is 35.5 Å². The number of nitro benzene ring substituents is 1. The van der Waals surface area contributed by atoms with Gasteiger partial charge in [0.15, 0.2) is 5.13 Å². The van der Waals surface area contributed by atoms with Crippen molar-refractivity contribution in [1.82, 2.24) is 9.88 Å². The molecule has 1 aromatic heterocycles. The number of hydrogen-bond acceptors (Lipinski definition) is 7. The highest BCUT2D eigenvalue weighted by atomic mass is 35.5. The van der Waals surface area contributed by atoms with Crippen molar-refractivity contribution in [3.8, 4) is 0 Å². The second kappa shape index (κ2) is 11.4. The van der Waals surface area contributed by atoms with Crippen molar-refractivity contribution in [3.63, 3.8) is 0 Å². The molecule has 0 aliphatic heterocycles. The highest BCUT2D eigenvalue weighted by Crippen LogP contribution is 2.32. The minimum atomic E-state index is -0.422. The number of fused-ring (bicyclic) bond motifs is 1. The predicted octanol–water partition coefficient (Wildman–Crippen LogP) is 5.34. The minimum Gasteiger partial charge on any atom is -0.309 e. The fourth-order valence-corrected chi connectivity index (χ4v) is 4.66. The average Bonchev–Trinajstić information content (AvgIpc) is 3.14. The van der Waals surface area contributed by atoms with Crippen LogP contribution < -0.4 is 4.90 Å². The number of non-ortho nitro benzene ring substituents is 1. The third kappa shape index (κ3) is 6.39. The fourth-order valence-electron chi connectivity index (χ4n) is 2.98. The van der Waals surface area contributed by atoms with Crippen LogP contribution in [0.1, 0.15) is 23.7 Å². The molecule has 0 N–H and O–H groups in total. The molecule has 0 fully saturated rings. The molecule has 1 heterocycles. The van der Waals surface area contributed by atoms with Gasteiger partial charge in [-0.2, -0.15) is 0 Å². The van der Waals surface area contributed by atoms with E-state index < -0.39 is 4.92 Å². The number of carbonyl (C=O) groups excluding carboxylic acids is 1. The highest BCUT2D eigenvalue weighted by molar-refractivity contribution is 7.99. The van der Waals surface area contributed by atoms with Crippen LogP contribution in [0.25, 0.3) is 10.2 Å². The summed E-state index contributed by atoms with van der Waals surface area (Å²) in [4.78, 5) is 33.4. The summed E-state index contributed by atoms with van der Waals surface area (Å²) in [5.41, 5.74) is 1.28. The van der Waals surface area contributed by atoms with Gasteiger partial charge in [0.25, 0.3) is 11.6 Å². The zero-order valence-electron chi connectivity index (χ0n) is 17.6. The maximum atomic E-state index is 13.3. The Labute approximate surface area is 196 Å². The van der Waals surface area contributed by atoms with Gasteiger partial charge in [0.1, 0.15) is 0 Å². The van der Waals surface area contributed by atoms with E-state index >= 15 is 0 Å². The van der Waals surface area contributed by atoms with Crippen LogP contribution in [0.3, 0.4) is 0 Å². The number of halogens is 1. The Morgan fingerprint density at radius 2 is 1.87 bits per heavy atom. The molecular formula is C21H25ClN4O3S2. The molecule has 0 saturated heterocycles. The lowest BCUT2D eigenvalue weighted by atomic mass is 10.2. The summed E-state index contributed by atoms with van der Waals surface area (Å²) < 4.78 is 0.694. The van der Waals surface area contributed by atoms with Crippen LogP contribution in [0.15, 0.2) is 47.4 Å². The Morgan fingerprint density at radius 1 is 1.16 bits per heavy atom. The molecule has 0 saturated carbocycles. The lowest BCUT2D eigenvalue weighted by molar-refractivity contribution is -0.384. The molecule has 0 unspecified atom stereocenters. The van der Waals surface area contributed by atoms with Crippen LogP contribution in [0.4, 0.5) is 10.8 Å². The number of thioether (sulfide) groups is 1. The van der Waals surface area contributed by atoms with Gasteiger partial charge in [-0.3, -0.25) is 19.8 Å². The second-order valence-electron chi connectivity index (χ2n) is 6.98. The number of amides is 1.